The third kappa shape index (κ3) is 4.37. The van der Waals surface area contributed by atoms with Crippen LogP contribution in [0.1, 0.15) is 38.5 Å². The summed E-state index contributed by atoms with van der Waals surface area (Å²) in [4.78, 5) is 16.5. The van der Waals surface area contributed by atoms with E-state index in [1.54, 1.807) is 7.11 Å². The lowest BCUT2D eigenvalue weighted by Gasteiger charge is -2.43. The van der Waals surface area contributed by atoms with Gasteiger partial charge in [0.05, 0.1) is 12.7 Å². The molecule has 2 saturated heterocycles. The molecular weight excluding hydrogens is 294 g/mol. The minimum Gasteiger partial charge on any atom is -0.393 e. The molecule has 1 aliphatic carbocycles. The zero-order valence-corrected chi connectivity index (χ0v) is 14.3. The highest BCUT2D eigenvalue weighted by Crippen LogP contribution is 2.33. The topological polar surface area (TPSA) is 65.0 Å². The molecule has 3 fully saturated rings. The lowest BCUT2D eigenvalue weighted by molar-refractivity contribution is 0.0218. The largest absolute Gasteiger partial charge is 0.393 e. The number of hydrogen-bond donors (Lipinski definition) is 2. The normalized spacial score (nSPS) is 25.7. The van der Waals surface area contributed by atoms with Gasteiger partial charge in [-0.05, 0) is 38.5 Å². The summed E-state index contributed by atoms with van der Waals surface area (Å²) in [7, 11) is 1.77. The van der Waals surface area contributed by atoms with Crippen LogP contribution in [-0.4, -0.2) is 79.5 Å². The molecule has 0 atom stereocenters. The van der Waals surface area contributed by atoms with E-state index in [1.807, 2.05) is 9.80 Å². The fraction of sp³-hybridized carbons (Fsp3) is 0.941. The van der Waals surface area contributed by atoms with E-state index >= 15 is 0 Å². The number of rotatable bonds is 5. The highest BCUT2D eigenvalue weighted by atomic mass is 16.5. The molecular formula is C17H31N3O3. The van der Waals surface area contributed by atoms with E-state index in [0.29, 0.717) is 32.0 Å². The maximum atomic E-state index is 12.6. The zero-order chi connectivity index (χ0) is 16.3. The number of hydrogen-bond acceptors (Lipinski definition) is 4. The molecule has 0 aromatic rings. The van der Waals surface area contributed by atoms with Crippen molar-refractivity contribution in [2.75, 3.05) is 46.4 Å². The van der Waals surface area contributed by atoms with Gasteiger partial charge in [0.2, 0.25) is 0 Å². The van der Waals surface area contributed by atoms with Crippen molar-refractivity contribution in [2.24, 2.45) is 5.41 Å². The van der Waals surface area contributed by atoms with Crippen molar-refractivity contribution in [1.29, 1.82) is 0 Å². The number of amides is 2. The number of methoxy groups -OCH3 is 1. The number of aliphatic hydroxyl groups is 1. The minimum atomic E-state index is -0.233. The molecule has 132 valence electrons. The van der Waals surface area contributed by atoms with Gasteiger partial charge in [-0.15, -0.1) is 0 Å². The van der Waals surface area contributed by atoms with Gasteiger partial charge in [-0.2, -0.15) is 0 Å². The fourth-order valence-corrected chi connectivity index (χ4v) is 3.76. The second-order valence-corrected chi connectivity index (χ2v) is 7.58. The van der Waals surface area contributed by atoms with Gasteiger partial charge in [-0.3, -0.25) is 0 Å². The minimum absolute atomic E-state index is 0.151. The number of urea groups is 1. The second-order valence-electron chi connectivity index (χ2n) is 7.58. The van der Waals surface area contributed by atoms with Crippen molar-refractivity contribution in [3.63, 3.8) is 0 Å². The molecule has 3 rings (SSSR count). The molecule has 6 heteroatoms. The number of carbonyl (C=O) groups is 1. The van der Waals surface area contributed by atoms with Gasteiger partial charge in [-0.1, -0.05) is 0 Å². The van der Waals surface area contributed by atoms with Crippen LogP contribution >= 0.6 is 0 Å². The predicted octanol–water partition coefficient (Wildman–Crippen LogP) is 1.04. The summed E-state index contributed by atoms with van der Waals surface area (Å²) in [6.07, 6.45) is 5.79. The maximum absolute atomic E-state index is 12.6. The molecule has 0 bridgehead atoms. The first-order chi connectivity index (χ1) is 11.1. The summed E-state index contributed by atoms with van der Waals surface area (Å²) in [5.41, 5.74) is 0.173. The number of piperidine rings is 2. The highest BCUT2D eigenvalue weighted by molar-refractivity contribution is 5.74. The number of likely N-dealkylation sites (tertiary alicyclic amines) is 2. The molecule has 23 heavy (non-hydrogen) atoms. The average Bonchev–Trinajstić information content (AvgIpc) is 3.39. The number of nitrogens with one attached hydrogen (secondary N) is 1. The Morgan fingerprint density at radius 3 is 2.30 bits per heavy atom. The first kappa shape index (κ1) is 17.0. The summed E-state index contributed by atoms with van der Waals surface area (Å²) in [6.45, 7) is 4.77. The maximum Gasteiger partial charge on any atom is 0.320 e. The molecule has 0 unspecified atom stereocenters. The van der Waals surface area contributed by atoms with Crippen molar-refractivity contribution >= 4 is 6.03 Å². The zero-order valence-electron chi connectivity index (χ0n) is 14.3. The Morgan fingerprint density at radius 1 is 1.13 bits per heavy atom. The molecule has 2 aliphatic heterocycles. The van der Waals surface area contributed by atoms with E-state index in [1.165, 1.54) is 12.8 Å². The Labute approximate surface area is 139 Å². The standard InChI is InChI=1S/C17H31N3O3/c1-23-13-17(12-18-14-2-3-14)6-10-20(11-7-17)16(22)19-8-4-15(21)5-9-19/h14-15,18,21H,2-13H2,1H3. The molecule has 6 nitrogen and oxygen atoms in total. The van der Waals surface area contributed by atoms with Crippen molar-refractivity contribution in [1.82, 2.24) is 15.1 Å². The summed E-state index contributed by atoms with van der Waals surface area (Å²) in [5.74, 6) is 0. The molecule has 0 aromatic carbocycles. The van der Waals surface area contributed by atoms with Crippen LogP contribution in [0.2, 0.25) is 0 Å². The molecule has 2 amide bonds. The van der Waals surface area contributed by atoms with Crippen molar-refractivity contribution < 1.29 is 14.6 Å². The van der Waals surface area contributed by atoms with Crippen molar-refractivity contribution in [3.05, 3.63) is 0 Å². The second kappa shape index (κ2) is 7.36. The van der Waals surface area contributed by atoms with E-state index < -0.39 is 0 Å². The summed E-state index contributed by atoms with van der Waals surface area (Å²) in [5, 5.41) is 13.2. The van der Waals surface area contributed by atoms with Crippen molar-refractivity contribution in [2.45, 2.75) is 50.7 Å². The molecule has 2 heterocycles. The average molecular weight is 325 g/mol. The third-order valence-corrected chi connectivity index (χ3v) is 5.62. The highest BCUT2D eigenvalue weighted by Gasteiger charge is 2.38. The molecule has 0 radical (unpaired) electrons. The van der Waals surface area contributed by atoms with Crippen LogP contribution in [0.25, 0.3) is 0 Å². The van der Waals surface area contributed by atoms with E-state index in [9.17, 15) is 9.90 Å². The third-order valence-electron chi connectivity index (χ3n) is 5.62. The lowest BCUT2D eigenvalue weighted by Crippen LogP contribution is -2.53. The van der Waals surface area contributed by atoms with Crippen LogP contribution in [0.15, 0.2) is 0 Å². The number of aliphatic hydroxyl groups excluding tert-OH is 1. The molecule has 0 aromatic heterocycles. The van der Waals surface area contributed by atoms with Crippen molar-refractivity contribution in [3.8, 4) is 0 Å². The molecule has 3 aliphatic rings. The van der Waals surface area contributed by atoms with E-state index in [4.69, 9.17) is 4.74 Å². The van der Waals surface area contributed by atoms with Crippen LogP contribution < -0.4 is 5.32 Å². The Morgan fingerprint density at radius 2 is 1.74 bits per heavy atom. The van der Waals surface area contributed by atoms with Gasteiger partial charge in [0, 0.05) is 51.3 Å². The van der Waals surface area contributed by atoms with Crippen LogP contribution in [0.3, 0.4) is 0 Å². The SMILES string of the molecule is COCC1(CNC2CC2)CCN(C(=O)N2CCC(O)CC2)CC1. The fourth-order valence-electron chi connectivity index (χ4n) is 3.76. The first-order valence-electron chi connectivity index (χ1n) is 9.06. The van der Waals surface area contributed by atoms with Crippen LogP contribution in [0.5, 0.6) is 0 Å². The van der Waals surface area contributed by atoms with Gasteiger partial charge in [0.25, 0.3) is 0 Å². The Balaban J connectivity index is 1.50. The van der Waals surface area contributed by atoms with Crippen LogP contribution in [0, 0.1) is 5.41 Å². The van der Waals surface area contributed by atoms with E-state index in [-0.39, 0.29) is 17.6 Å². The van der Waals surface area contributed by atoms with Gasteiger partial charge in [0.1, 0.15) is 0 Å². The van der Waals surface area contributed by atoms with E-state index in [2.05, 4.69) is 5.32 Å². The Hall–Kier alpha value is -0.850. The number of carbonyl (C=O) groups excluding carboxylic acids is 1. The molecule has 0 spiro atoms. The lowest BCUT2D eigenvalue weighted by atomic mass is 9.79. The van der Waals surface area contributed by atoms with Gasteiger partial charge in [-0.25, -0.2) is 4.79 Å². The smallest absolute Gasteiger partial charge is 0.320 e. The number of ether oxygens (including phenoxy) is 1. The van der Waals surface area contributed by atoms with Gasteiger partial charge < -0.3 is 25.0 Å². The summed E-state index contributed by atoms with van der Waals surface area (Å²) < 4.78 is 5.48. The molecule has 1 saturated carbocycles. The summed E-state index contributed by atoms with van der Waals surface area (Å²) >= 11 is 0. The summed E-state index contributed by atoms with van der Waals surface area (Å²) in [6, 6.07) is 0.862. The predicted molar refractivity (Wildman–Crippen MR) is 88.4 cm³/mol. The van der Waals surface area contributed by atoms with Crippen LogP contribution in [-0.2, 0) is 4.74 Å². The Kier molecular flexibility index (Phi) is 5.44. The van der Waals surface area contributed by atoms with Gasteiger partial charge >= 0.3 is 6.03 Å². The Bertz CT molecular complexity index is 398. The number of nitrogens with zero attached hydrogens (tertiary/aromatic N) is 2. The first-order valence-corrected chi connectivity index (χ1v) is 9.06. The quantitative estimate of drug-likeness (QED) is 0.793. The van der Waals surface area contributed by atoms with Gasteiger partial charge in [0.15, 0.2) is 0 Å². The molecule has 2 N–H and O–H groups in total. The van der Waals surface area contributed by atoms with Crippen LogP contribution in [0.4, 0.5) is 4.79 Å². The van der Waals surface area contributed by atoms with E-state index in [0.717, 1.165) is 39.1 Å². The monoisotopic (exact) mass is 325 g/mol.